The summed E-state index contributed by atoms with van der Waals surface area (Å²) in [6.07, 6.45) is 0.0281. The fourth-order valence-corrected chi connectivity index (χ4v) is 3.72. The maximum atomic E-state index is 12.1. The zero-order chi connectivity index (χ0) is 20.8. The zero-order valence-corrected chi connectivity index (χ0v) is 16.4. The molecule has 146 valence electrons. The fraction of sp³-hybridized carbons (Fsp3) is 0.154. The van der Waals surface area contributed by atoms with Gasteiger partial charge in [0.25, 0.3) is 0 Å². The molecule has 3 aromatic rings. The number of rotatable bonds is 4. The van der Waals surface area contributed by atoms with Crippen LogP contribution in [-0.2, 0) is 4.74 Å². The largest absolute Gasteiger partial charge is 0.449 e. The van der Waals surface area contributed by atoms with Gasteiger partial charge in [0.1, 0.15) is 12.7 Å². The number of carbonyl (C=O) groups is 1. The van der Waals surface area contributed by atoms with Crippen molar-refractivity contribution in [3.05, 3.63) is 95.1 Å². The SMILES string of the molecule is N#Cc1ccccc1C#CCCNC(=O)OCC1c2ccccc2-c2ccccc21. The molecule has 0 bridgehead atoms. The van der Waals surface area contributed by atoms with Crippen molar-refractivity contribution in [1.82, 2.24) is 5.32 Å². The number of nitriles is 1. The third-order valence-electron chi connectivity index (χ3n) is 5.13. The minimum Gasteiger partial charge on any atom is -0.449 e. The van der Waals surface area contributed by atoms with Gasteiger partial charge < -0.3 is 10.1 Å². The molecule has 1 aliphatic carbocycles. The molecule has 0 fully saturated rings. The van der Waals surface area contributed by atoms with Crippen molar-refractivity contribution in [3.8, 4) is 29.0 Å². The lowest BCUT2D eigenvalue weighted by Gasteiger charge is -2.14. The molecule has 0 saturated carbocycles. The van der Waals surface area contributed by atoms with E-state index in [9.17, 15) is 4.79 Å². The lowest BCUT2D eigenvalue weighted by atomic mass is 9.98. The van der Waals surface area contributed by atoms with E-state index in [1.807, 2.05) is 42.5 Å². The predicted molar refractivity (Wildman–Crippen MR) is 116 cm³/mol. The van der Waals surface area contributed by atoms with E-state index in [-0.39, 0.29) is 5.92 Å². The van der Waals surface area contributed by atoms with E-state index in [2.05, 4.69) is 47.5 Å². The fourth-order valence-electron chi connectivity index (χ4n) is 3.72. The molecule has 0 heterocycles. The Kier molecular flexibility index (Phi) is 5.78. The molecule has 3 aromatic carbocycles. The van der Waals surface area contributed by atoms with Crippen molar-refractivity contribution >= 4 is 6.09 Å². The van der Waals surface area contributed by atoms with Gasteiger partial charge in [-0.1, -0.05) is 72.5 Å². The highest BCUT2D eigenvalue weighted by molar-refractivity contribution is 5.79. The van der Waals surface area contributed by atoms with E-state index < -0.39 is 6.09 Å². The van der Waals surface area contributed by atoms with Gasteiger partial charge in [0.05, 0.1) is 5.56 Å². The molecule has 30 heavy (non-hydrogen) atoms. The number of carbonyl (C=O) groups excluding carboxylic acids is 1. The van der Waals surface area contributed by atoms with Gasteiger partial charge >= 0.3 is 6.09 Å². The molecule has 4 nitrogen and oxygen atoms in total. The Balaban J connectivity index is 1.30. The second-order valence-corrected chi connectivity index (χ2v) is 6.96. The van der Waals surface area contributed by atoms with Crippen LogP contribution in [0.25, 0.3) is 11.1 Å². The molecule has 0 saturated heterocycles. The van der Waals surface area contributed by atoms with Crippen LogP contribution < -0.4 is 5.32 Å². The van der Waals surface area contributed by atoms with Gasteiger partial charge in [-0.3, -0.25) is 0 Å². The van der Waals surface area contributed by atoms with Crippen molar-refractivity contribution in [3.63, 3.8) is 0 Å². The van der Waals surface area contributed by atoms with E-state index in [1.165, 1.54) is 22.3 Å². The van der Waals surface area contributed by atoms with Crippen LogP contribution in [0.2, 0.25) is 0 Å². The van der Waals surface area contributed by atoms with Crippen LogP contribution in [0.5, 0.6) is 0 Å². The number of nitrogens with one attached hydrogen (secondary N) is 1. The first-order valence-electron chi connectivity index (χ1n) is 9.85. The van der Waals surface area contributed by atoms with Gasteiger partial charge in [0.15, 0.2) is 0 Å². The highest BCUT2D eigenvalue weighted by Crippen LogP contribution is 2.44. The van der Waals surface area contributed by atoms with Crippen molar-refractivity contribution in [2.45, 2.75) is 12.3 Å². The lowest BCUT2D eigenvalue weighted by molar-refractivity contribution is 0.143. The van der Waals surface area contributed by atoms with E-state index in [0.717, 1.165) is 0 Å². The smallest absolute Gasteiger partial charge is 0.407 e. The molecule has 4 heteroatoms. The first-order chi connectivity index (χ1) is 14.8. The number of alkyl carbamates (subject to hydrolysis) is 1. The third kappa shape index (κ3) is 4.04. The molecule has 1 aliphatic rings. The van der Waals surface area contributed by atoms with Crippen molar-refractivity contribution in [1.29, 1.82) is 5.26 Å². The third-order valence-corrected chi connectivity index (χ3v) is 5.13. The minimum atomic E-state index is -0.448. The number of nitrogens with zero attached hydrogens (tertiary/aromatic N) is 1. The molecular weight excluding hydrogens is 372 g/mol. The molecule has 0 radical (unpaired) electrons. The Morgan fingerprint density at radius 3 is 2.17 bits per heavy atom. The van der Waals surface area contributed by atoms with Crippen LogP contribution in [0, 0.1) is 23.2 Å². The molecule has 1 N–H and O–H groups in total. The zero-order valence-electron chi connectivity index (χ0n) is 16.4. The van der Waals surface area contributed by atoms with Gasteiger partial charge in [-0.05, 0) is 34.4 Å². The minimum absolute atomic E-state index is 0.0467. The first kappa shape index (κ1) is 19.3. The number of benzene rings is 3. The molecular formula is C26H20N2O2. The van der Waals surface area contributed by atoms with E-state index in [4.69, 9.17) is 10.00 Å². The quantitative estimate of drug-likeness (QED) is 0.511. The van der Waals surface area contributed by atoms with Gasteiger partial charge in [-0.2, -0.15) is 5.26 Å². The Bertz CT molecular complexity index is 1140. The summed E-state index contributed by atoms with van der Waals surface area (Å²) in [6, 6.07) is 25.8. The second kappa shape index (κ2) is 8.99. The Labute approximate surface area is 176 Å². The second-order valence-electron chi connectivity index (χ2n) is 6.96. The molecule has 4 rings (SSSR count). The topological polar surface area (TPSA) is 62.1 Å². The number of amides is 1. The summed E-state index contributed by atoms with van der Waals surface area (Å²) in [5.41, 5.74) is 6.03. The predicted octanol–water partition coefficient (Wildman–Crippen LogP) is 4.84. The normalized spacial score (nSPS) is 11.4. The van der Waals surface area contributed by atoms with Gasteiger partial charge in [-0.15, -0.1) is 0 Å². The average Bonchev–Trinajstić information content (AvgIpc) is 3.11. The van der Waals surface area contributed by atoms with Gasteiger partial charge in [0.2, 0.25) is 0 Å². The molecule has 1 amide bonds. The molecule has 0 aliphatic heterocycles. The Morgan fingerprint density at radius 1 is 0.900 bits per heavy atom. The maximum Gasteiger partial charge on any atom is 0.407 e. The highest BCUT2D eigenvalue weighted by Gasteiger charge is 2.28. The van der Waals surface area contributed by atoms with Crippen LogP contribution in [0.1, 0.15) is 34.6 Å². The highest BCUT2D eigenvalue weighted by atomic mass is 16.5. The summed E-state index contributed by atoms with van der Waals surface area (Å²) in [5, 5.41) is 11.8. The maximum absolute atomic E-state index is 12.1. The lowest BCUT2D eigenvalue weighted by Crippen LogP contribution is -2.26. The molecule has 0 atom stereocenters. The van der Waals surface area contributed by atoms with Crippen molar-refractivity contribution in [2.75, 3.05) is 13.2 Å². The monoisotopic (exact) mass is 392 g/mol. The number of ether oxygens (including phenoxy) is 1. The number of hydrogen-bond acceptors (Lipinski definition) is 3. The van der Waals surface area contributed by atoms with Crippen LogP contribution >= 0.6 is 0 Å². The molecule has 0 aromatic heterocycles. The van der Waals surface area contributed by atoms with Gasteiger partial charge in [0, 0.05) is 24.4 Å². The van der Waals surface area contributed by atoms with Crippen LogP contribution in [0.15, 0.2) is 72.8 Å². The van der Waals surface area contributed by atoms with E-state index >= 15 is 0 Å². The van der Waals surface area contributed by atoms with Gasteiger partial charge in [-0.25, -0.2) is 4.79 Å². The number of fused-ring (bicyclic) bond motifs is 3. The van der Waals surface area contributed by atoms with Crippen LogP contribution in [0.4, 0.5) is 4.79 Å². The Hall–Kier alpha value is -4.02. The Morgan fingerprint density at radius 2 is 1.50 bits per heavy atom. The summed E-state index contributed by atoms with van der Waals surface area (Å²) in [4.78, 5) is 12.1. The summed E-state index contributed by atoms with van der Waals surface area (Å²) < 4.78 is 5.50. The van der Waals surface area contributed by atoms with E-state index in [0.29, 0.717) is 30.7 Å². The van der Waals surface area contributed by atoms with Crippen molar-refractivity contribution in [2.24, 2.45) is 0 Å². The number of hydrogen-bond donors (Lipinski definition) is 1. The summed E-state index contributed by atoms with van der Waals surface area (Å²) in [6.45, 7) is 0.680. The van der Waals surface area contributed by atoms with Crippen LogP contribution in [-0.4, -0.2) is 19.2 Å². The van der Waals surface area contributed by atoms with E-state index in [1.54, 1.807) is 6.07 Å². The summed E-state index contributed by atoms with van der Waals surface area (Å²) >= 11 is 0. The average molecular weight is 392 g/mol. The molecule has 0 unspecified atom stereocenters. The van der Waals surface area contributed by atoms with Crippen molar-refractivity contribution < 1.29 is 9.53 Å². The van der Waals surface area contributed by atoms with Crippen LogP contribution in [0.3, 0.4) is 0 Å². The molecule has 0 spiro atoms. The summed E-state index contributed by atoms with van der Waals surface area (Å²) in [7, 11) is 0. The summed E-state index contributed by atoms with van der Waals surface area (Å²) in [5.74, 6) is 6.00. The first-order valence-corrected chi connectivity index (χ1v) is 9.85. The standard InChI is InChI=1S/C26H20N2O2/c27-17-20-11-2-1-9-19(20)10-7-8-16-28-26(29)30-18-25-23-14-5-3-12-21(23)22-13-4-6-15-24(22)25/h1-6,9,11-15,25H,8,16,18H2,(H,28,29).